The predicted octanol–water partition coefficient (Wildman–Crippen LogP) is 2.17. The van der Waals surface area contributed by atoms with Gasteiger partial charge in [0.25, 0.3) is 10.0 Å². The van der Waals surface area contributed by atoms with Gasteiger partial charge in [-0.1, -0.05) is 18.2 Å². The Labute approximate surface area is 170 Å². The number of aromatic nitrogens is 1. The molecule has 0 bridgehead atoms. The van der Waals surface area contributed by atoms with Crippen molar-refractivity contribution < 1.29 is 13.2 Å². The number of carbonyl (C=O) groups is 1. The van der Waals surface area contributed by atoms with Crippen molar-refractivity contribution in [2.24, 2.45) is 9.50 Å². The molecule has 2 heterocycles. The molecule has 0 atom stereocenters. The largest absolute Gasteiger partial charge is 0.351 e. The fraction of sp³-hybridized carbons (Fsp3) is 0.300. The number of amidine groups is 1. The summed E-state index contributed by atoms with van der Waals surface area (Å²) in [5, 5.41) is 8.73. The third-order valence-electron chi connectivity index (χ3n) is 3.95. The van der Waals surface area contributed by atoms with E-state index in [0.717, 1.165) is 5.56 Å². The lowest BCUT2D eigenvalue weighted by atomic mass is 10.1. The number of hydrogen-bond donors (Lipinski definition) is 1. The second kappa shape index (κ2) is 8.12. The Kier molecular flexibility index (Phi) is 5.78. The van der Waals surface area contributed by atoms with E-state index in [0.29, 0.717) is 5.56 Å². The van der Waals surface area contributed by atoms with Crippen LogP contribution in [-0.2, 0) is 14.8 Å². The summed E-state index contributed by atoms with van der Waals surface area (Å²) in [7, 11) is -3.79. The Hall–Kier alpha value is -3.07. The molecule has 1 aromatic carbocycles. The minimum Gasteiger partial charge on any atom is -0.351 e. The maximum atomic E-state index is 12.4. The molecule has 0 unspecified atom stereocenters. The Morgan fingerprint density at radius 2 is 1.97 bits per heavy atom. The third kappa shape index (κ3) is 5.26. The standard InChI is InChI=1S/C20H23N5O3S/c1-20(2,3)23-18(26)10-12-25(22-14-15-7-6-11-21-13-15)19-16-8-4-5-9-17(16)29(27,28)24-19/h4-9,11,13-14H,10,12H2,1-3H3,(H,23,26). The molecule has 1 N–H and O–H groups in total. The molecule has 29 heavy (non-hydrogen) atoms. The summed E-state index contributed by atoms with van der Waals surface area (Å²) in [6, 6.07) is 10.2. The predicted molar refractivity (Wildman–Crippen MR) is 111 cm³/mol. The van der Waals surface area contributed by atoms with Gasteiger partial charge in [-0.05, 0) is 39.0 Å². The zero-order valence-corrected chi connectivity index (χ0v) is 17.3. The minimum absolute atomic E-state index is 0.128. The summed E-state index contributed by atoms with van der Waals surface area (Å²) in [6.07, 6.45) is 4.97. The Bertz CT molecular complexity index is 1060. The Balaban J connectivity index is 1.89. The van der Waals surface area contributed by atoms with Crippen LogP contribution in [-0.4, -0.2) is 48.5 Å². The fourth-order valence-corrected chi connectivity index (χ4v) is 3.98. The smallest absolute Gasteiger partial charge is 0.285 e. The number of sulfonamides is 1. The number of hydrazone groups is 1. The van der Waals surface area contributed by atoms with Crippen LogP contribution in [0.1, 0.15) is 38.3 Å². The van der Waals surface area contributed by atoms with Gasteiger partial charge in [0, 0.05) is 35.5 Å². The van der Waals surface area contributed by atoms with E-state index in [1.54, 1.807) is 42.9 Å². The first-order chi connectivity index (χ1) is 13.7. The number of benzene rings is 1. The SMILES string of the molecule is CC(C)(C)NC(=O)CCN(N=Cc1cccnc1)C1=NS(=O)(=O)c2ccccc21. The molecule has 0 aliphatic carbocycles. The van der Waals surface area contributed by atoms with Crippen LogP contribution in [0.3, 0.4) is 0 Å². The highest BCUT2D eigenvalue weighted by atomic mass is 32.2. The molecular formula is C20H23N5O3S. The summed E-state index contributed by atoms with van der Waals surface area (Å²) in [5.74, 6) is 0.0399. The van der Waals surface area contributed by atoms with Gasteiger partial charge in [0.1, 0.15) is 4.90 Å². The number of pyridine rings is 1. The quantitative estimate of drug-likeness (QED) is 0.598. The summed E-state index contributed by atoms with van der Waals surface area (Å²) in [5.41, 5.74) is 0.847. The van der Waals surface area contributed by atoms with Gasteiger partial charge in [-0.25, -0.2) is 5.01 Å². The fourth-order valence-electron chi connectivity index (χ4n) is 2.77. The van der Waals surface area contributed by atoms with Crippen LogP contribution in [0.5, 0.6) is 0 Å². The highest BCUT2D eigenvalue weighted by molar-refractivity contribution is 7.90. The number of fused-ring (bicyclic) bond motifs is 1. The average Bonchev–Trinajstić information content (AvgIpc) is 2.93. The van der Waals surface area contributed by atoms with Gasteiger partial charge in [0.05, 0.1) is 12.8 Å². The van der Waals surface area contributed by atoms with Crippen molar-refractivity contribution >= 4 is 28.0 Å². The van der Waals surface area contributed by atoms with Gasteiger partial charge in [-0.2, -0.15) is 13.5 Å². The molecule has 0 radical (unpaired) electrons. The van der Waals surface area contributed by atoms with E-state index in [1.807, 2.05) is 26.8 Å². The zero-order valence-electron chi connectivity index (χ0n) is 16.5. The lowest BCUT2D eigenvalue weighted by Gasteiger charge is -2.22. The van der Waals surface area contributed by atoms with Gasteiger partial charge in [0.2, 0.25) is 5.91 Å². The third-order valence-corrected chi connectivity index (χ3v) is 5.28. The van der Waals surface area contributed by atoms with Crippen LogP contribution in [0.4, 0.5) is 0 Å². The van der Waals surface area contributed by atoms with Crippen LogP contribution in [0.15, 0.2) is 63.2 Å². The van der Waals surface area contributed by atoms with Gasteiger partial charge in [-0.3, -0.25) is 9.78 Å². The molecule has 0 saturated carbocycles. The first-order valence-corrected chi connectivity index (χ1v) is 10.6. The van der Waals surface area contributed by atoms with Gasteiger partial charge >= 0.3 is 0 Å². The van der Waals surface area contributed by atoms with Crippen molar-refractivity contribution in [1.82, 2.24) is 15.3 Å². The molecule has 2 aromatic rings. The Morgan fingerprint density at radius 1 is 1.21 bits per heavy atom. The van der Waals surface area contributed by atoms with E-state index in [9.17, 15) is 13.2 Å². The first kappa shape index (κ1) is 20.7. The number of rotatable bonds is 5. The van der Waals surface area contributed by atoms with Crippen molar-refractivity contribution in [2.75, 3.05) is 6.54 Å². The molecule has 1 amide bonds. The summed E-state index contributed by atoms with van der Waals surface area (Å²) < 4.78 is 28.7. The number of nitrogens with one attached hydrogen (secondary N) is 1. The molecule has 0 fully saturated rings. The van der Waals surface area contributed by atoms with Crippen molar-refractivity contribution in [3.63, 3.8) is 0 Å². The highest BCUT2D eigenvalue weighted by Gasteiger charge is 2.32. The minimum atomic E-state index is -3.79. The van der Waals surface area contributed by atoms with Crippen molar-refractivity contribution in [3.05, 3.63) is 59.9 Å². The molecule has 3 rings (SSSR count). The second-order valence-electron chi connectivity index (χ2n) is 7.59. The molecule has 1 aliphatic rings. The van der Waals surface area contributed by atoms with E-state index in [1.165, 1.54) is 11.1 Å². The summed E-state index contributed by atoms with van der Waals surface area (Å²) in [4.78, 5) is 16.4. The van der Waals surface area contributed by atoms with E-state index in [-0.39, 0.29) is 35.1 Å². The number of nitrogens with zero attached hydrogens (tertiary/aromatic N) is 4. The van der Waals surface area contributed by atoms with Crippen molar-refractivity contribution in [3.8, 4) is 0 Å². The van der Waals surface area contributed by atoms with E-state index in [2.05, 4.69) is 19.8 Å². The highest BCUT2D eigenvalue weighted by Crippen LogP contribution is 2.27. The number of amides is 1. The lowest BCUT2D eigenvalue weighted by Crippen LogP contribution is -2.42. The van der Waals surface area contributed by atoms with E-state index >= 15 is 0 Å². The summed E-state index contributed by atoms with van der Waals surface area (Å²) >= 11 is 0. The molecule has 8 nitrogen and oxygen atoms in total. The molecule has 0 spiro atoms. The van der Waals surface area contributed by atoms with Crippen LogP contribution in [0.2, 0.25) is 0 Å². The topological polar surface area (TPSA) is 104 Å². The average molecular weight is 414 g/mol. The maximum absolute atomic E-state index is 12.4. The molecule has 152 valence electrons. The molecular weight excluding hydrogens is 390 g/mol. The molecule has 1 aliphatic heterocycles. The second-order valence-corrected chi connectivity index (χ2v) is 9.16. The van der Waals surface area contributed by atoms with Crippen LogP contribution >= 0.6 is 0 Å². The summed E-state index contributed by atoms with van der Waals surface area (Å²) in [6.45, 7) is 5.86. The van der Waals surface area contributed by atoms with Gasteiger partial charge in [0.15, 0.2) is 5.84 Å². The molecule has 1 aromatic heterocycles. The Morgan fingerprint density at radius 3 is 2.66 bits per heavy atom. The molecule has 0 saturated heterocycles. The maximum Gasteiger partial charge on any atom is 0.285 e. The van der Waals surface area contributed by atoms with E-state index < -0.39 is 10.0 Å². The van der Waals surface area contributed by atoms with Gasteiger partial charge in [-0.15, -0.1) is 4.40 Å². The van der Waals surface area contributed by atoms with E-state index in [4.69, 9.17) is 0 Å². The zero-order chi connectivity index (χ0) is 21.1. The first-order valence-electron chi connectivity index (χ1n) is 9.13. The van der Waals surface area contributed by atoms with Crippen LogP contribution < -0.4 is 5.32 Å². The normalized spacial score (nSPS) is 15.1. The van der Waals surface area contributed by atoms with Crippen LogP contribution in [0, 0.1) is 0 Å². The lowest BCUT2D eigenvalue weighted by molar-refractivity contribution is -0.122. The molecule has 9 heteroatoms. The van der Waals surface area contributed by atoms with Crippen molar-refractivity contribution in [1.29, 1.82) is 0 Å². The number of carbonyl (C=O) groups excluding carboxylic acids is 1. The monoisotopic (exact) mass is 413 g/mol. The van der Waals surface area contributed by atoms with Gasteiger partial charge < -0.3 is 5.32 Å². The van der Waals surface area contributed by atoms with Crippen LogP contribution in [0.25, 0.3) is 0 Å². The number of hydrogen-bond acceptors (Lipinski definition) is 6. The van der Waals surface area contributed by atoms with Crippen molar-refractivity contribution in [2.45, 2.75) is 37.6 Å².